The molecule has 0 fully saturated rings. The Morgan fingerprint density at radius 2 is 1.81 bits per heavy atom. The van der Waals surface area contributed by atoms with Crippen molar-refractivity contribution in [3.63, 3.8) is 0 Å². The minimum Gasteiger partial charge on any atom is -0.396 e. The second kappa shape index (κ2) is 8.29. The van der Waals surface area contributed by atoms with Crippen molar-refractivity contribution in [2.24, 2.45) is 0 Å². The van der Waals surface area contributed by atoms with E-state index in [-0.39, 0.29) is 18.9 Å². The van der Waals surface area contributed by atoms with Crippen LogP contribution in [0.3, 0.4) is 0 Å². The number of nitrogens with zero attached hydrogens (tertiary/aromatic N) is 3. The van der Waals surface area contributed by atoms with E-state index >= 15 is 0 Å². The fourth-order valence-corrected chi connectivity index (χ4v) is 3.50. The van der Waals surface area contributed by atoms with Gasteiger partial charge in [-0.1, -0.05) is 42.5 Å². The van der Waals surface area contributed by atoms with Crippen molar-refractivity contribution in [3.05, 3.63) is 83.6 Å². The monoisotopic (exact) mass is 416 g/mol. The van der Waals surface area contributed by atoms with Gasteiger partial charge in [-0.05, 0) is 31.5 Å². The number of aromatic nitrogens is 3. The van der Waals surface area contributed by atoms with E-state index < -0.39 is 5.60 Å². The normalized spacial score (nSPS) is 13.2. The Morgan fingerprint density at radius 1 is 1.10 bits per heavy atom. The van der Waals surface area contributed by atoms with Crippen LogP contribution in [-0.2, 0) is 5.60 Å². The summed E-state index contributed by atoms with van der Waals surface area (Å²) < 4.78 is 1.76. The number of aliphatic hydroxyl groups excluding tert-OH is 1. The highest BCUT2D eigenvalue weighted by atomic mass is 16.3. The molecule has 7 nitrogen and oxygen atoms in total. The zero-order chi connectivity index (χ0) is 22.0. The van der Waals surface area contributed by atoms with Crippen LogP contribution < -0.4 is 5.32 Å². The predicted octanol–water partition coefficient (Wildman–Crippen LogP) is 3.55. The lowest BCUT2D eigenvalue weighted by molar-refractivity contribution is 0.0299. The molecule has 31 heavy (non-hydrogen) atoms. The highest BCUT2D eigenvalue weighted by Crippen LogP contribution is 2.26. The Kier molecular flexibility index (Phi) is 5.54. The average Bonchev–Trinajstić information content (AvgIpc) is 3.14. The Balaban J connectivity index is 1.63. The first-order valence-electron chi connectivity index (χ1n) is 10.1. The van der Waals surface area contributed by atoms with Gasteiger partial charge in [0.05, 0.1) is 17.0 Å². The van der Waals surface area contributed by atoms with Gasteiger partial charge in [0.1, 0.15) is 5.82 Å². The third kappa shape index (κ3) is 4.33. The zero-order valence-corrected chi connectivity index (χ0v) is 17.4. The number of fused-ring (bicyclic) bond motifs is 1. The molecular weight excluding hydrogens is 392 g/mol. The van der Waals surface area contributed by atoms with Gasteiger partial charge in [-0.15, -0.1) is 0 Å². The summed E-state index contributed by atoms with van der Waals surface area (Å²) in [7, 11) is 0. The van der Waals surface area contributed by atoms with E-state index in [1.807, 2.05) is 43.3 Å². The fourth-order valence-electron chi connectivity index (χ4n) is 3.50. The molecule has 4 aromatic rings. The largest absolute Gasteiger partial charge is 0.396 e. The van der Waals surface area contributed by atoms with Crippen LogP contribution in [0.2, 0.25) is 0 Å². The maximum Gasteiger partial charge on any atom is 0.256 e. The first kappa shape index (κ1) is 20.7. The smallest absolute Gasteiger partial charge is 0.256 e. The minimum absolute atomic E-state index is 0.124. The van der Waals surface area contributed by atoms with Crippen molar-refractivity contribution in [1.82, 2.24) is 14.6 Å². The molecule has 0 aliphatic carbocycles. The van der Waals surface area contributed by atoms with Crippen LogP contribution in [0.25, 0.3) is 16.9 Å². The third-order valence-corrected chi connectivity index (χ3v) is 5.23. The van der Waals surface area contributed by atoms with E-state index in [1.54, 1.807) is 41.8 Å². The van der Waals surface area contributed by atoms with Gasteiger partial charge in [0.15, 0.2) is 5.65 Å². The fraction of sp³-hybridized carbons (Fsp3) is 0.208. The molecule has 0 bridgehead atoms. The van der Waals surface area contributed by atoms with Gasteiger partial charge in [-0.3, -0.25) is 4.79 Å². The van der Waals surface area contributed by atoms with Crippen LogP contribution >= 0.6 is 0 Å². The summed E-state index contributed by atoms with van der Waals surface area (Å²) in [5.41, 5.74) is 3.19. The molecule has 1 amide bonds. The minimum atomic E-state index is -1.15. The molecule has 0 unspecified atom stereocenters. The maximum atomic E-state index is 12.8. The first-order chi connectivity index (χ1) is 14.9. The quantitative estimate of drug-likeness (QED) is 0.446. The van der Waals surface area contributed by atoms with Crippen molar-refractivity contribution in [2.75, 3.05) is 11.9 Å². The van der Waals surface area contributed by atoms with Gasteiger partial charge in [-0.2, -0.15) is 5.10 Å². The number of aliphatic hydroxyl groups is 2. The van der Waals surface area contributed by atoms with E-state index in [0.29, 0.717) is 22.6 Å². The van der Waals surface area contributed by atoms with Crippen LogP contribution in [0.4, 0.5) is 5.82 Å². The molecule has 0 saturated heterocycles. The molecule has 0 saturated carbocycles. The van der Waals surface area contributed by atoms with Crippen LogP contribution in [0.5, 0.6) is 0 Å². The number of nitrogens with one attached hydrogen (secondary N) is 1. The van der Waals surface area contributed by atoms with E-state index in [9.17, 15) is 9.90 Å². The van der Waals surface area contributed by atoms with Crippen molar-refractivity contribution in [1.29, 1.82) is 0 Å². The molecule has 2 aromatic carbocycles. The number of benzene rings is 2. The van der Waals surface area contributed by atoms with Crippen molar-refractivity contribution in [2.45, 2.75) is 25.9 Å². The standard InChI is InChI=1S/C24H24N4O3/c1-16-14-22-25-21(15-20(28(22)27-16)17-6-4-3-5-7-17)26-23(30)18-8-10-19(11-9-18)24(2,31)12-13-29/h3-11,14-15,29,31H,12-13H2,1-2H3,(H,25,26,30)/t24-/m0/s1. The molecule has 7 heteroatoms. The molecule has 158 valence electrons. The Morgan fingerprint density at radius 3 is 2.48 bits per heavy atom. The predicted molar refractivity (Wildman–Crippen MR) is 119 cm³/mol. The van der Waals surface area contributed by atoms with Crippen molar-refractivity contribution >= 4 is 17.4 Å². The first-order valence-corrected chi connectivity index (χ1v) is 10.1. The molecule has 3 N–H and O–H groups in total. The summed E-state index contributed by atoms with van der Waals surface area (Å²) in [6, 6.07) is 20.1. The summed E-state index contributed by atoms with van der Waals surface area (Å²) in [6.07, 6.45) is 0.218. The van der Waals surface area contributed by atoms with Crippen LogP contribution in [0.15, 0.2) is 66.7 Å². The summed E-state index contributed by atoms with van der Waals surface area (Å²) in [5, 5.41) is 26.9. The molecule has 0 spiro atoms. The molecule has 1 atom stereocenters. The van der Waals surface area contributed by atoms with Crippen LogP contribution in [0.1, 0.15) is 35.0 Å². The second-order valence-corrected chi connectivity index (χ2v) is 7.73. The Labute approximate surface area is 180 Å². The van der Waals surface area contributed by atoms with Crippen molar-refractivity contribution < 1.29 is 15.0 Å². The van der Waals surface area contributed by atoms with E-state index in [0.717, 1.165) is 17.0 Å². The lowest BCUT2D eigenvalue weighted by Crippen LogP contribution is -2.23. The summed E-state index contributed by atoms with van der Waals surface area (Å²) in [4.78, 5) is 17.3. The summed E-state index contributed by atoms with van der Waals surface area (Å²) in [5.74, 6) is 0.119. The zero-order valence-electron chi connectivity index (χ0n) is 17.4. The Hall–Kier alpha value is -3.55. The molecule has 0 aliphatic rings. The van der Waals surface area contributed by atoms with Gasteiger partial charge < -0.3 is 15.5 Å². The topological polar surface area (TPSA) is 99.8 Å². The van der Waals surface area contributed by atoms with Crippen LogP contribution in [-0.4, -0.2) is 37.3 Å². The maximum absolute atomic E-state index is 12.8. The highest BCUT2D eigenvalue weighted by Gasteiger charge is 2.22. The van der Waals surface area contributed by atoms with E-state index in [1.165, 1.54) is 0 Å². The molecule has 0 aliphatic heterocycles. The molecule has 2 aromatic heterocycles. The van der Waals surface area contributed by atoms with Gasteiger partial charge in [0.2, 0.25) is 0 Å². The van der Waals surface area contributed by atoms with Gasteiger partial charge >= 0.3 is 0 Å². The van der Waals surface area contributed by atoms with Gasteiger partial charge in [-0.25, -0.2) is 9.50 Å². The second-order valence-electron chi connectivity index (χ2n) is 7.73. The van der Waals surface area contributed by atoms with Crippen molar-refractivity contribution in [3.8, 4) is 11.3 Å². The number of aryl methyl sites for hydroxylation is 1. The average molecular weight is 416 g/mol. The number of anilines is 1. The number of hydrogen-bond donors (Lipinski definition) is 3. The number of rotatable bonds is 6. The van der Waals surface area contributed by atoms with Gasteiger partial charge in [0, 0.05) is 36.3 Å². The van der Waals surface area contributed by atoms with E-state index in [4.69, 9.17) is 5.11 Å². The van der Waals surface area contributed by atoms with Gasteiger partial charge in [0.25, 0.3) is 5.91 Å². The molecule has 4 rings (SSSR count). The number of carbonyl (C=O) groups is 1. The summed E-state index contributed by atoms with van der Waals surface area (Å²) >= 11 is 0. The SMILES string of the molecule is Cc1cc2nc(NC(=O)c3ccc([C@@](C)(O)CCO)cc3)cc(-c3ccccc3)n2n1. The van der Waals surface area contributed by atoms with Crippen LogP contribution in [0, 0.1) is 6.92 Å². The summed E-state index contributed by atoms with van der Waals surface area (Å²) in [6.45, 7) is 3.41. The highest BCUT2D eigenvalue weighted by molar-refractivity contribution is 6.04. The molecular formula is C24H24N4O3. The molecule has 0 radical (unpaired) electrons. The number of carbonyl (C=O) groups excluding carboxylic acids is 1. The third-order valence-electron chi connectivity index (χ3n) is 5.23. The lowest BCUT2D eigenvalue weighted by Gasteiger charge is -2.22. The van der Waals surface area contributed by atoms with E-state index in [2.05, 4.69) is 15.4 Å². The lowest BCUT2D eigenvalue weighted by atomic mass is 9.92. The number of amides is 1. The Bertz CT molecular complexity index is 1220. The molecule has 2 heterocycles. The number of hydrogen-bond acceptors (Lipinski definition) is 5.